The molecule has 1 fully saturated rings. The quantitative estimate of drug-likeness (QED) is 0.634. The van der Waals surface area contributed by atoms with Crippen LogP contribution in [0.1, 0.15) is 50.2 Å². The van der Waals surface area contributed by atoms with Crippen molar-refractivity contribution in [2.45, 2.75) is 51.7 Å². The van der Waals surface area contributed by atoms with Crippen LogP contribution < -0.4 is 5.73 Å². The van der Waals surface area contributed by atoms with Crippen LogP contribution in [0.4, 0.5) is 0 Å². The molecule has 4 heteroatoms. The van der Waals surface area contributed by atoms with Crippen molar-refractivity contribution in [2.24, 2.45) is 11.7 Å². The van der Waals surface area contributed by atoms with E-state index in [1.54, 1.807) is 6.07 Å². The first kappa shape index (κ1) is 15.3. The van der Waals surface area contributed by atoms with E-state index in [9.17, 15) is 0 Å². The maximum atomic E-state index is 7.40. The lowest BCUT2D eigenvalue weighted by Gasteiger charge is -2.28. The van der Waals surface area contributed by atoms with Crippen LogP contribution in [-0.4, -0.2) is 11.9 Å². The van der Waals surface area contributed by atoms with Crippen molar-refractivity contribution < 1.29 is 4.74 Å². The van der Waals surface area contributed by atoms with Crippen molar-refractivity contribution in [3.8, 4) is 0 Å². The molecule has 1 aliphatic rings. The third kappa shape index (κ3) is 3.97. The van der Waals surface area contributed by atoms with Crippen LogP contribution in [0, 0.1) is 11.3 Å². The third-order valence-corrected chi connectivity index (χ3v) is 4.50. The number of nitrogens with two attached hydrogens (primary N) is 1. The van der Waals surface area contributed by atoms with Gasteiger partial charge >= 0.3 is 0 Å². The van der Waals surface area contributed by atoms with Crippen molar-refractivity contribution in [3.63, 3.8) is 0 Å². The molecule has 0 heterocycles. The predicted molar refractivity (Wildman–Crippen MR) is 83.3 cm³/mol. The Morgan fingerprint density at radius 3 is 2.90 bits per heavy atom. The molecular weight excluding hydrogens is 272 g/mol. The molecule has 3 N–H and O–H groups in total. The highest BCUT2D eigenvalue weighted by Crippen LogP contribution is 2.29. The predicted octanol–water partition coefficient (Wildman–Crippen LogP) is 4.11. The molecule has 0 amide bonds. The van der Waals surface area contributed by atoms with Gasteiger partial charge in [0.25, 0.3) is 0 Å². The number of rotatable bonds is 5. The van der Waals surface area contributed by atoms with Gasteiger partial charge in [0, 0.05) is 10.6 Å². The molecule has 20 heavy (non-hydrogen) atoms. The summed E-state index contributed by atoms with van der Waals surface area (Å²) in [6.45, 7) is 2.79. The van der Waals surface area contributed by atoms with Crippen LogP contribution in [0.15, 0.2) is 18.2 Å². The summed E-state index contributed by atoms with van der Waals surface area (Å²) in [5, 5.41) is 8.02. The van der Waals surface area contributed by atoms with E-state index < -0.39 is 0 Å². The maximum Gasteiger partial charge on any atom is 0.122 e. The normalized spacial score (nSPS) is 22.7. The Kier molecular flexibility index (Phi) is 5.44. The molecule has 0 aromatic heterocycles. The molecule has 1 saturated carbocycles. The summed E-state index contributed by atoms with van der Waals surface area (Å²) in [6.07, 6.45) is 6.52. The van der Waals surface area contributed by atoms with Crippen LogP contribution in [-0.2, 0) is 11.3 Å². The van der Waals surface area contributed by atoms with Crippen molar-refractivity contribution >= 4 is 17.4 Å². The number of hydrogen-bond donors (Lipinski definition) is 2. The standard InChI is InChI=1S/C16H23ClN2O/c1-2-11-4-3-5-14(8-11)20-10-13-7-6-12(16(18)19)9-15(13)17/h6-7,9,11,14H,2-5,8,10H2,1H3,(H3,18,19). The molecule has 1 aliphatic carbocycles. The highest BCUT2D eigenvalue weighted by Gasteiger charge is 2.21. The fourth-order valence-electron chi connectivity index (χ4n) is 2.80. The lowest BCUT2D eigenvalue weighted by Crippen LogP contribution is -2.22. The Hall–Kier alpha value is -1.06. The van der Waals surface area contributed by atoms with E-state index >= 15 is 0 Å². The van der Waals surface area contributed by atoms with Gasteiger partial charge in [0.2, 0.25) is 0 Å². The number of ether oxygens (including phenoxy) is 1. The van der Waals surface area contributed by atoms with Gasteiger partial charge in [-0.05, 0) is 30.4 Å². The van der Waals surface area contributed by atoms with Crippen LogP contribution >= 0.6 is 11.6 Å². The fourth-order valence-corrected chi connectivity index (χ4v) is 3.04. The largest absolute Gasteiger partial charge is 0.384 e. The highest BCUT2D eigenvalue weighted by atomic mass is 35.5. The van der Waals surface area contributed by atoms with Gasteiger partial charge in [0.1, 0.15) is 5.84 Å². The van der Waals surface area contributed by atoms with Gasteiger partial charge < -0.3 is 10.5 Å². The molecule has 2 unspecified atom stereocenters. The molecule has 0 bridgehead atoms. The maximum absolute atomic E-state index is 7.40. The Morgan fingerprint density at radius 2 is 2.25 bits per heavy atom. The second kappa shape index (κ2) is 7.09. The molecule has 3 nitrogen and oxygen atoms in total. The first-order valence-electron chi connectivity index (χ1n) is 7.34. The molecular formula is C16H23ClN2O. The van der Waals surface area contributed by atoms with Gasteiger partial charge in [-0.3, -0.25) is 5.41 Å². The van der Waals surface area contributed by atoms with E-state index in [2.05, 4.69) is 6.92 Å². The van der Waals surface area contributed by atoms with Gasteiger partial charge in [-0.25, -0.2) is 0 Å². The molecule has 0 radical (unpaired) electrons. The number of halogens is 1. The number of nitrogen functional groups attached to an aromatic ring is 1. The molecule has 0 aliphatic heterocycles. The van der Waals surface area contributed by atoms with Crippen molar-refractivity contribution in [3.05, 3.63) is 34.3 Å². The molecule has 0 spiro atoms. The van der Waals surface area contributed by atoms with Crippen LogP contribution in [0.3, 0.4) is 0 Å². The van der Waals surface area contributed by atoms with E-state index in [0.717, 1.165) is 17.9 Å². The zero-order chi connectivity index (χ0) is 14.5. The molecule has 110 valence electrons. The molecule has 2 atom stereocenters. The van der Waals surface area contributed by atoms with E-state index in [1.165, 1.54) is 25.7 Å². The summed E-state index contributed by atoms with van der Waals surface area (Å²) >= 11 is 6.21. The lowest BCUT2D eigenvalue weighted by molar-refractivity contribution is 0.00180. The average Bonchev–Trinajstić information content (AvgIpc) is 2.46. The van der Waals surface area contributed by atoms with Gasteiger partial charge in [-0.2, -0.15) is 0 Å². The minimum Gasteiger partial charge on any atom is -0.384 e. The zero-order valence-corrected chi connectivity index (χ0v) is 12.7. The topological polar surface area (TPSA) is 59.1 Å². The number of benzene rings is 1. The Bertz CT molecular complexity index is 476. The van der Waals surface area contributed by atoms with Gasteiger partial charge in [0.15, 0.2) is 0 Å². The lowest BCUT2D eigenvalue weighted by atomic mass is 9.85. The van der Waals surface area contributed by atoms with E-state index in [1.807, 2.05) is 12.1 Å². The minimum absolute atomic E-state index is 0.0393. The second-order valence-corrected chi connectivity index (χ2v) is 6.00. The molecule has 1 aromatic carbocycles. The first-order chi connectivity index (χ1) is 9.60. The second-order valence-electron chi connectivity index (χ2n) is 5.59. The van der Waals surface area contributed by atoms with E-state index in [0.29, 0.717) is 23.3 Å². The SMILES string of the molecule is CCC1CCCC(OCc2ccc(C(=N)N)cc2Cl)C1. The van der Waals surface area contributed by atoms with Gasteiger partial charge in [0.05, 0.1) is 12.7 Å². The van der Waals surface area contributed by atoms with E-state index in [4.69, 9.17) is 27.5 Å². The Morgan fingerprint density at radius 1 is 1.45 bits per heavy atom. The average molecular weight is 295 g/mol. The zero-order valence-electron chi connectivity index (χ0n) is 12.0. The van der Waals surface area contributed by atoms with Gasteiger partial charge in [-0.1, -0.05) is 49.9 Å². The van der Waals surface area contributed by atoms with Crippen LogP contribution in [0.25, 0.3) is 0 Å². The summed E-state index contributed by atoms with van der Waals surface area (Å²) in [7, 11) is 0. The molecule has 2 rings (SSSR count). The fraction of sp³-hybridized carbons (Fsp3) is 0.562. The Labute approximate surface area is 126 Å². The van der Waals surface area contributed by atoms with Crippen LogP contribution in [0.5, 0.6) is 0 Å². The highest BCUT2D eigenvalue weighted by molar-refractivity contribution is 6.31. The van der Waals surface area contributed by atoms with Crippen molar-refractivity contribution in [1.82, 2.24) is 0 Å². The third-order valence-electron chi connectivity index (χ3n) is 4.15. The van der Waals surface area contributed by atoms with Crippen molar-refractivity contribution in [1.29, 1.82) is 5.41 Å². The summed E-state index contributed by atoms with van der Waals surface area (Å²) < 4.78 is 6.01. The minimum atomic E-state index is 0.0393. The first-order valence-corrected chi connectivity index (χ1v) is 7.72. The van der Waals surface area contributed by atoms with Crippen molar-refractivity contribution in [2.75, 3.05) is 0 Å². The Balaban J connectivity index is 1.92. The number of hydrogen-bond acceptors (Lipinski definition) is 2. The smallest absolute Gasteiger partial charge is 0.122 e. The number of nitrogens with one attached hydrogen (secondary N) is 1. The van der Waals surface area contributed by atoms with Gasteiger partial charge in [-0.15, -0.1) is 0 Å². The summed E-state index contributed by atoms with van der Waals surface area (Å²) in [6, 6.07) is 5.46. The number of amidine groups is 1. The summed E-state index contributed by atoms with van der Waals surface area (Å²) in [5.41, 5.74) is 7.07. The van der Waals surface area contributed by atoms with Crippen LogP contribution in [0.2, 0.25) is 5.02 Å². The van der Waals surface area contributed by atoms with E-state index in [-0.39, 0.29) is 5.84 Å². The summed E-state index contributed by atoms with van der Waals surface area (Å²) in [4.78, 5) is 0. The monoisotopic (exact) mass is 294 g/mol. The molecule has 1 aromatic rings. The summed E-state index contributed by atoms with van der Waals surface area (Å²) in [5.74, 6) is 0.849. The molecule has 0 saturated heterocycles.